The van der Waals surface area contributed by atoms with E-state index in [1.165, 1.54) is 11.3 Å². The molecule has 5 aromatic rings. The molecule has 1 aliphatic heterocycles. The first-order valence-corrected chi connectivity index (χ1v) is 15.5. The van der Waals surface area contributed by atoms with Crippen LogP contribution in [0.25, 0.3) is 16.8 Å². The molecule has 0 N–H and O–H groups in total. The van der Waals surface area contributed by atoms with Gasteiger partial charge in [0.1, 0.15) is 24.7 Å². The van der Waals surface area contributed by atoms with Crippen LogP contribution < -0.4 is 24.4 Å². The van der Waals surface area contributed by atoms with Crippen LogP contribution in [0.3, 0.4) is 0 Å². The predicted octanol–water partition coefficient (Wildman–Crippen LogP) is 6.10. The van der Waals surface area contributed by atoms with Crippen molar-refractivity contribution in [2.75, 3.05) is 13.2 Å². The largest absolute Gasteiger partial charge is 0.490 e. The number of nitrogens with zero attached hydrogens (tertiary/aromatic N) is 2. The number of esters is 1. The molecule has 6 rings (SSSR count). The highest BCUT2D eigenvalue weighted by molar-refractivity contribution is 7.07. The summed E-state index contributed by atoms with van der Waals surface area (Å²) in [6, 6.07) is 28.7. The number of fused-ring (bicyclic) bond motifs is 2. The monoisotopic (exact) mass is 616 g/mol. The number of hydrogen-bond donors (Lipinski definition) is 0. The fourth-order valence-electron chi connectivity index (χ4n) is 5.45. The van der Waals surface area contributed by atoms with Gasteiger partial charge in [0.25, 0.3) is 5.56 Å². The highest BCUT2D eigenvalue weighted by atomic mass is 32.1. The highest BCUT2D eigenvalue weighted by Crippen LogP contribution is 2.32. The van der Waals surface area contributed by atoms with Crippen LogP contribution in [0.15, 0.2) is 125 Å². The summed E-state index contributed by atoms with van der Waals surface area (Å²) in [5.74, 6) is 0.813. The molecular weight excluding hydrogens is 584 g/mol. The molecule has 1 atom stereocenters. The molecule has 1 aliphatic rings. The van der Waals surface area contributed by atoms with Gasteiger partial charge in [-0.25, -0.2) is 9.79 Å². The van der Waals surface area contributed by atoms with Crippen molar-refractivity contribution in [3.05, 3.63) is 151 Å². The first-order chi connectivity index (χ1) is 22.0. The molecule has 7 nitrogen and oxygen atoms in total. The van der Waals surface area contributed by atoms with Crippen molar-refractivity contribution < 1.29 is 19.0 Å². The van der Waals surface area contributed by atoms with Gasteiger partial charge in [0.15, 0.2) is 4.80 Å². The fourth-order valence-corrected chi connectivity index (χ4v) is 6.49. The SMILES string of the molecule is C=CCOc1ccc([C@@H]2C(C(=O)OCC)=C(C)N=c3s/c(=C/c4ccccc4OCc4cccc5ccccc45)c(=O)n32)cc1. The fraction of sp³-hybridized carbons (Fsp3) is 0.162. The van der Waals surface area contributed by atoms with Crippen LogP contribution in [-0.4, -0.2) is 23.8 Å². The van der Waals surface area contributed by atoms with Crippen molar-refractivity contribution in [1.29, 1.82) is 0 Å². The van der Waals surface area contributed by atoms with Crippen LogP contribution in [0.1, 0.15) is 36.6 Å². The van der Waals surface area contributed by atoms with E-state index in [2.05, 4.69) is 35.8 Å². The first-order valence-electron chi connectivity index (χ1n) is 14.7. The molecule has 0 spiro atoms. The maximum absolute atomic E-state index is 14.1. The Bertz CT molecular complexity index is 2100. The lowest BCUT2D eigenvalue weighted by Crippen LogP contribution is -2.39. The van der Waals surface area contributed by atoms with Gasteiger partial charge in [-0.15, -0.1) is 0 Å². The highest BCUT2D eigenvalue weighted by Gasteiger charge is 2.33. The topological polar surface area (TPSA) is 79.1 Å². The quantitative estimate of drug-likeness (QED) is 0.140. The lowest BCUT2D eigenvalue weighted by Gasteiger charge is -2.24. The number of benzene rings is 4. The van der Waals surface area contributed by atoms with E-state index in [0.29, 0.717) is 45.3 Å². The van der Waals surface area contributed by atoms with Crippen molar-refractivity contribution in [3.63, 3.8) is 0 Å². The Labute approximate surface area is 264 Å². The van der Waals surface area contributed by atoms with Crippen LogP contribution in [0.5, 0.6) is 11.5 Å². The summed E-state index contributed by atoms with van der Waals surface area (Å²) in [6.45, 7) is 8.17. The summed E-state index contributed by atoms with van der Waals surface area (Å²) in [6.07, 6.45) is 3.50. The van der Waals surface area contributed by atoms with Crippen LogP contribution in [0.4, 0.5) is 0 Å². The molecule has 4 aromatic carbocycles. The van der Waals surface area contributed by atoms with E-state index < -0.39 is 12.0 Å². The molecule has 2 heterocycles. The van der Waals surface area contributed by atoms with Gasteiger partial charge in [0, 0.05) is 5.56 Å². The third-order valence-corrected chi connectivity index (χ3v) is 8.53. The summed E-state index contributed by atoms with van der Waals surface area (Å²) >= 11 is 1.28. The Morgan fingerprint density at radius 1 is 0.978 bits per heavy atom. The second-order valence-corrected chi connectivity index (χ2v) is 11.4. The molecule has 1 aromatic heterocycles. The number of hydrogen-bond acceptors (Lipinski definition) is 7. The minimum Gasteiger partial charge on any atom is -0.490 e. The normalized spacial score (nSPS) is 14.5. The molecule has 0 unspecified atom stereocenters. The van der Waals surface area contributed by atoms with Crippen molar-refractivity contribution >= 4 is 34.2 Å². The van der Waals surface area contributed by atoms with Crippen LogP contribution in [0, 0.1) is 0 Å². The molecule has 226 valence electrons. The number of ether oxygens (including phenoxy) is 3. The molecule has 8 heteroatoms. The summed E-state index contributed by atoms with van der Waals surface area (Å²) in [4.78, 5) is 32.5. The Morgan fingerprint density at radius 3 is 2.53 bits per heavy atom. The summed E-state index contributed by atoms with van der Waals surface area (Å²) in [5.41, 5.74) is 3.17. The number of thiazole rings is 1. The van der Waals surface area contributed by atoms with Crippen LogP contribution in [-0.2, 0) is 16.1 Å². The molecular formula is C37H32N2O5S. The van der Waals surface area contributed by atoms with Crippen LogP contribution >= 0.6 is 11.3 Å². The third kappa shape index (κ3) is 6.10. The predicted molar refractivity (Wildman–Crippen MR) is 177 cm³/mol. The van der Waals surface area contributed by atoms with Gasteiger partial charge < -0.3 is 14.2 Å². The summed E-state index contributed by atoms with van der Waals surface area (Å²) in [7, 11) is 0. The molecule has 0 radical (unpaired) electrons. The van der Waals surface area contributed by atoms with E-state index in [4.69, 9.17) is 14.2 Å². The molecule has 0 bridgehead atoms. The lowest BCUT2D eigenvalue weighted by atomic mass is 9.96. The van der Waals surface area contributed by atoms with E-state index in [0.717, 1.165) is 27.5 Å². The Balaban J connectivity index is 1.40. The van der Waals surface area contributed by atoms with Crippen molar-refractivity contribution in [2.45, 2.75) is 26.5 Å². The van der Waals surface area contributed by atoms with Crippen molar-refractivity contribution in [3.8, 4) is 11.5 Å². The zero-order valence-electron chi connectivity index (χ0n) is 25.1. The van der Waals surface area contributed by atoms with Gasteiger partial charge in [0.2, 0.25) is 0 Å². The van der Waals surface area contributed by atoms with Crippen molar-refractivity contribution in [2.24, 2.45) is 4.99 Å². The van der Waals surface area contributed by atoms with E-state index in [9.17, 15) is 9.59 Å². The van der Waals surface area contributed by atoms with Gasteiger partial charge in [-0.05, 0) is 60.0 Å². The molecule has 0 saturated heterocycles. The number of carbonyl (C=O) groups is 1. The molecule has 0 saturated carbocycles. The van der Waals surface area contributed by atoms with Gasteiger partial charge in [-0.3, -0.25) is 9.36 Å². The average molecular weight is 617 g/mol. The molecule has 0 amide bonds. The first kappa shape index (κ1) is 29.8. The second kappa shape index (κ2) is 13.2. The number of carbonyl (C=O) groups excluding carboxylic acids is 1. The second-order valence-electron chi connectivity index (χ2n) is 10.4. The molecule has 45 heavy (non-hydrogen) atoms. The third-order valence-electron chi connectivity index (χ3n) is 7.55. The Kier molecular flexibility index (Phi) is 8.75. The maximum atomic E-state index is 14.1. The van der Waals surface area contributed by atoms with E-state index >= 15 is 0 Å². The average Bonchev–Trinajstić information content (AvgIpc) is 3.36. The minimum absolute atomic E-state index is 0.205. The van der Waals surface area contributed by atoms with E-state index in [-0.39, 0.29) is 12.2 Å². The smallest absolute Gasteiger partial charge is 0.338 e. The van der Waals surface area contributed by atoms with Gasteiger partial charge >= 0.3 is 5.97 Å². The van der Waals surface area contributed by atoms with Gasteiger partial charge in [-0.1, -0.05) is 96.8 Å². The lowest BCUT2D eigenvalue weighted by molar-refractivity contribution is -0.139. The number of para-hydroxylation sites is 1. The van der Waals surface area contributed by atoms with E-state index in [1.807, 2.05) is 72.8 Å². The Morgan fingerprint density at radius 2 is 1.73 bits per heavy atom. The summed E-state index contributed by atoms with van der Waals surface area (Å²) in [5, 5.41) is 2.29. The van der Waals surface area contributed by atoms with Crippen LogP contribution in [0.2, 0.25) is 0 Å². The van der Waals surface area contributed by atoms with Gasteiger partial charge in [-0.2, -0.15) is 0 Å². The number of rotatable bonds is 10. The Hall–Kier alpha value is -5.21. The summed E-state index contributed by atoms with van der Waals surface area (Å²) < 4.78 is 19.4. The van der Waals surface area contributed by atoms with Gasteiger partial charge in [0.05, 0.1) is 28.5 Å². The number of aromatic nitrogens is 1. The minimum atomic E-state index is -0.714. The zero-order valence-corrected chi connectivity index (χ0v) is 25.9. The number of allylic oxidation sites excluding steroid dienone is 1. The molecule has 0 aliphatic carbocycles. The maximum Gasteiger partial charge on any atom is 0.338 e. The standard InChI is InChI=1S/C37H32N2O5S/c1-4-21-43-29-19-17-26(18-20-29)34-33(36(41)42-5-2)24(3)38-37-39(34)35(40)32(45-37)22-27-12-7-9-16-31(27)44-23-28-14-10-13-25-11-6-8-15-30(25)28/h4,6-20,22,34H,1,5,21,23H2,2-3H3/b32-22+/t34-/m1/s1. The van der Waals surface area contributed by atoms with E-state index in [1.54, 1.807) is 24.5 Å². The molecule has 0 fully saturated rings. The zero-order chi connectivity index (χ0) is 31.3. The van der Waals surface area contributed by atoms with Crippen molar-refractivity contribution in [1.82, 2.24) is 4.57 Å².